The van der Waals surface area contributed by atoms with Gasteiger partial charge in [0, 0.05) is 38.3 Å². The van der Waals surface area contributed by atoms with Crippen molar-refractivity contribution in [1.82, 2.24) is 14.7 Å². The lowest BCUT2D eigenvalue weighted by molar-refractivity contribution is -0.150. The molecule has 3 saturated heterocycles. The molecule has 4 aliphatic rings. The molecule has 4 rings (SSSR count). The maximum atomic E-state index is 12.6. The number of likely N-dealkylation sites (tertiary alicyclic amines) is 3. The van der Waals surface area contributed by atoms with Crippen molar-refractivity contribution in [3.8, 4) is 0 Å². The topological polar surface area (TPSA) is 26.8 Å². The Morgan fingerprint density at radius 3 is 1.93 bits per heavy atom. The summed E-state index contributed by atoms with van der Waals surface area (Å²) in [5, 5.41) is 0. The molecule has 4 fully saturated rings. The van der Waals surface area contributed by atoms with Crippen molar-refractivity contribution < 1.29 is 4.79 Å². The van der Waals surface area contributed by atoms with E-state index in [2.05, 4.69) is 42.4 Å². The highest BCUT2D eigenvalue weighted by Crippen LogP contribution is 2.37. The molecule has 1 aliphatic carbocycles. The molecule has 4 heteroatoms. The number of rotatable bonds is 5. The molecule has 0 aromatic heterocycles. The van der Waals surface area contributed by atoms with Gasteiger partial charge in [-0.2, -0.15) is 0 Å². The van der Waals surface area contributed by atoms with E-state index in [4.69, 9.17) is 0 Å². The van der Waals surface area contributed by atoms with Crippen LogP contribution in [0.4, 0.5) is 0 Å². The van der Waals surface area contributed by atoms with Crippen molar-refractivity contribution in [2.75, 3.05) is 39.3 Å². The second-order valence-electron chi connectivity index (χ2n) is 10.9. The van der Waals surface area contributed by atoms with E-state index >= 15 is 0 Å². The Morgan fingerprint density at radius 2 is 1.39 bits per heavy atom. The molecule has 4 nitrogen and oxygen atoms in total. The first-order valence-corrected chi connectivity index (χ1v) is 12.2. The van der Waals surface area contributed by atoms with Gasteiger partial charge in [0.15, 0.2) is 0 Å². The minimum atomic E-state index is 0.283. The molecule has 0 unspecified atom stereocenters. The summed E-state index contributed by atoms with van der Waals surface area (Å²) in [7, 11) is 0. The fourth-order valence-electron chi connectivity index (χ4n) is 6.23. The number of hydrogen-bond donors (Lipinski definition) is 0. The van der Waals surface area contributed by atoms with Crippen LogP contribution in [-0.2, 0) is 4.79 Å². The Hall–Kier alpha value is -0.610. The third kappa shape index (κ3) is 4.28. The fraction of sp³-hybridized carbons (Fsp3) is 0.958. The van der Waals surface area contributed by atoms with Crippen molar-refractivity contribution in [3.05, 3.63) is 0 Å². The number of amides is 1. The van der Waals surface area contributed by atoms with Crippen LogP contribution < -0.4 is 0 Å². The molecule has 0 bridgehead atoms. The quantitative estimate of drug-likeness (QED) is 0.717. The minimum absolute atomic E-state index is 0.283. The lowest BCUT2D eigenvalue weighted by atomic mass is 9.76. The fourth-order valence-corrected chi connectivity index (χ4v) is 6.23. The van der Waals surface area contributed by atoms with Crippen LogP contribution in [-0.4, -0.2) is 72.0 Å². The van der Waals surface area contributed by atoms with Crippen LogP contribution >= 0.6 is 0 Å². The van der Waals surface area contributed by atoms with E-state index in [-0.39, 0.29) is 5.92 Å². The standard InChI is InChI=1S/C24H43N3O/c1-17(2)19-5-7-23(8-6-19)25-11-9-20(10-12-25)21-13-27(14-21)24(28)22-15-26(16-22)18(3)4/h17-23H,5-16H2,1-4H3. The molecule has 0 aromatic rings. The zero-order chi connectivity index (χ0) is 19.8. The Kier molecular flexibility index (Phi) is 6.37. The van der Waals surface area contributed by atoms with Crippen LogP contribution in [0.25, 0.3) is 0 Å². The molecule has 0 spiro atoms. The number of piperidine rings is 1. The van der Waals surface area contributed by atoms with Crippen LogP contribution in [0.5, 0.6) is 0 Å². The van der Waals surface area contributed by atoms with Crippen LogP contribution in [0.1, 0.15) is 66.2 Å². The monoisotopic (exact) mass is 389 g/mol. The third-order valence-corrected chi connectivity index (χ3v) is 8.65. The third-order valence-electron chi connectivity index (χ3n) is 8.65. The SMILES string of the molecule is CC(C)C1CCC(N2CCC(C3CN(C(=O)C4CN(C(C)C)C4)C3)CC2)CC1. The highest BCUT2D eigenvalue weighted by molar-refractivity contribution is 5.81. The molecule has 28 heavy (non-hydrogen) atoms. The lowest BCUT2D eigenvalue weighted by Crippen LogP contribution is -2.62. The van der Waals surface area contributed by atoms with Crippen molar-refractivity contribution in [2.24, 2.45) is 29.6 Å². The predicted molar refractivity (Wildman–Crippen MR) is 115 cm³/mol. The van der Waals surface area contributed by atoms with E-state index in [1.165, 1.54) is 51.6 Å². The summed E-state index contributed by atoms with van der Waals surface area (Å²) in [6.45, 7) is 15.9. The van der Waals surface area contributed by atoms with Crippen molar-refractivity contribution >= 4 is 5.91 Å². The molecule has 0 radical (unpaired) electrons. The predicted octanol–water partition coefficient (Wildman–Crippen LogP) is 3.71. The first-order chi connectivity index (χ1) is 13.4. The van der Waals surface area contributed by atoms with Crippen LogP contribution in [0, 0.1) is 29.6 Å². The van der Waals surface area contributed by atoms with Crippen LogP contribution in [0.3, 0.4) is 0 Å². The highest BCUT2D eigenvalue weighted by Gasteiger charge is 2.43. The van der Waals surface area contributed by atoms with E-state index in [1.807, 2.05) is 0 Å². The zero-order valence-electron chi connectivity index (χ0n) is 18.8. The van der Waals surface area contributed by atoms with Crippen molar-refractivity contribution in [1.29, 1.82) is 0 Å². The van der Waals surface area contributed by atoms with E-state index in [0.29, 0.717) is 11.9 Å². The van der Waals surface area contributed by atoms with Gasteiger partial charge in [0.2, 0.25) is 5.91 Å². The van der Waals surface area contributed by atoms with E-state index < -0.39 is 0 Å². The van der Waals surface area contributed by atoms with E-state index in [1.54, 1.807) is 0 Å². The van der Waals surface area contributed by atoms with Gasteiger partial charge in [-0.1, -0.05) is 13.8 Å². The van der Waals surface area contributed by atoms with Crippen molar-refractivity contribution in [2.45, 2.75) is 78.3 Å². The van der Waals surface area contributed by atoms with Gasteiger partial charge >= 0.3 is 0 Å². The average molecular weight is 390 g/mol. The maximum absolute atomic E-state index is 12.6. The summed E-state index contributed by atoms with van der Waals surface area (Å²) in [6, 6.07) is 1.44. The summed E-state index contributed by atoms with van der Waals surface area (Å²) in [5.41, 5.74) is 0. The summed E-state index contributed by atoms with van der Waals surface area (Å²) >= 11 is 0. The number of carbonyl (C=O) groups is 1. The number of carbonyl (C=O) groups excluding carboxylic acids is 1. The molecule has 3 aliphatic heterocycles. The van der Waals surface area contributed by atoms with Gasteiger partial charge < -0.3 is 9.80 Å². The molecule has 3 heterocycles. The molecule has 0 N–H and O–H groups in total. The van der Waals surface area contributed by atoms with Crippen molar-refractivity contribution in [3.63, 3.8) is 0 Å². The number of hydrogen-bond acceptors (Lipinski definition) is 3. The van der Waals surface area contributed by atoms with Crippen LogP contribution in [0.2, 0.25) is 0 Å². The molecule has 1 amide bonds. The second-order valence-corrected chi connectivity index (χ2v) is 10.9. The van der Waals surface area contributed by atoms with Gasteiger partial charge in [0.1, 0.15) is 0 Å². The summed E-state index contributed by atoms with van der Waals surface area (Å²) in [6.07, 6.45) is 8.46. The van der Waals surface area contributed by atoms with E-state index in [9.17, 15) is 4.79 Å². The molecular weight excluding hydrogens is 346 g/mol. The Morgan fingerprint density at radius 1 is 0.786 bits per heavy atom. The largest absolute Gasteiger partial charge is 0.342 e. The second kappa shape index (κ2) is 8.63. The normalized spacial score (nSPS) is 32.0. The van der Waals surface area contributed by atoms with Gasteiger partial charge in [0.25, 0.3) is 0 Å². The van der Waals surface area contributed by atoms with Crippen LogP contribution in [0.15, 0.2) is 0 Å². The maximum Gasteiger partial charge on any atom is 0.228 e. The lowest BCUT2D eigenvalue weighted by Gasteiger charge is -2.50. The highest BCUT2D eigenvalue weighted by atomic mass is 16.2. The molecule has 1 saturated carbocycles. The van der Waals surface area contributed by atoms with Gasteiger partial charge in [-0.25, -0.2) is 0 Å². The molecule has 0 aromatic carbocycles. The summed E-state index contributed by atoms with van der Waals surface area (Å²) < 4.78 is 0. The van der Waals surface area contributed by atoms with Gasteiger partial charge in [0.05, 0.1) is 5.92 Å². The minimum Gasteiger partial charge on any atom is -0.342 e. The van der Waals surface area contributed by atoms with Gasteiger partial charge in [-0.3, -0.25) is 9.69 Å². The van der Waals surface area contributed by atoms with E-state index in [0.717, 1.165) is 55.9 Å². The zero-order valence-corrected chi connectivity index (χ0v) is 18.8. The molecule has 160 valence electrons. The summed E-state index contributed by atoms with van der Waals surface area (Å²) in [4.78, 5) is 20.0. The molecular formula is C24H43N3O. The Labute approximate surface area is 173 Å². The Balaban J connectivity index is 1.14. The first kappa shape index (κ1) is 20.7. The smallest absolute Gasteiger partial charge is 0.228 e. The summed E-state index contributed by atoms with van der Waals surface area (Å²) in [5.74, 6) is 4.20. The average Bonchev–Trinajstić information content (AvgIpc) is 2.59. The Bertz CT molecular complexity index is 520. The molecule has 0 atom stereocenters. The van der Waals surface area contributed by atoms with Gasteiger partial charge in [-0.05, 0) is 89.1 Å². The van der Waals surface area contributed by atoms with Gasteiger partial charge in [-0.15, -0.1) is 0 Å². The first-order valence-electron chi connectivity index (χ1n) is 12.2. The number of nitrogens with zero attached hydrogens (tertiary/aromatic N) is 3.